The van der Waals surface area contributed by atoms with Gasteiger partial charge in [-0.15, -0.1) is 0 Å². The second-order valence-corrected chi connectivity index (χ2v) is 2.53. The van der Waals surface area contributed by atoms with Gasteiger partial charge < -0.3 is 20.4 Å². The molecule has 0 spiro atoms. The molecule has 0 fully saturated rings. The van der Waals surface area contributed by atoms with Gasteiger partial charge in [0.1, 0.15) is 0 Å². The van der Waals surface area contributed by atoms with Gasteiger partial charge in [0.05, 0.1) is 0 Å². The Bertz CT molecular complexity index is 151. The van der Waals surface area contributed by atoms with Crippen molar-refractivity contribution in [3.8, 4) is 0 Å². The minimum atomic E-state index is -1.12. The predicted octanol–water partition coefficient (Wildman–Crippen LogP) is 0.0330. The molecule has 0 aliphatic heterocycles. The number of hydrogen-bond acceptors (Lipinski definition) is 4. The van der Waals surface area contributed by atoms with Gasteiger partial charge in [-0.25, -0.2) is 0 Å². The first kappa shape index (κ1) is 15.3. The molecule has 0 saturated heterocycles. The predicted molar refractivity (Wildman–Crippen MR) is 47.6 cm³/mol. The largest absolute Gasteiger partial charge is 0.481 e. The molecule has 0 radical (unpaired) electrons. The number of aliphatic hydroxyl groups excluding tert-OH is 1. The molecular weight excluding hydrogens is 192 g/mol. The highest BCUT2D eigenvalue weighted by Gasteiger charge is 1.99. The third-order valence-electron chi connectivity index (χ3n) is 1.15. The summed E-state index contributed by atoms with van der Waals surface area (Å²) in [6.07, 6.45) is -0.613. The normalized spacial score (nSPS) is 9.14. The quantitative estimate of drug-likeness (QED) is 0.474. The van der Waals surface area contributed by atoms with E-state index in [9.17, 15) is 9.59 Å². The third-order valence-corrected chi connectivity index (χ3v) is 1.15. The molecule has 0 unspecified atom stereocenters. The van der Waals surface area contributed by atoms with E-state index in [2.05, 4.69) is 0 Å². The summed E-state index contributed by atoms with van der Waals surface area (Å²) in [5.41, 5.74) is 0. The molecule has 0 heterocycles. The molecule has 0 aromatic carbocycles. The average molecular weight is 208 g/mol. The lowest BCUT2D eigenvalue weighted by atomic mass is 10.2. The van der Waals surface area contributed by atoms with Crippen molar-refractivity contribution in [3.63, 3.8) is 0 Å². The summed E-state index contributed by atoms with van der Waals surface area (Å²) in [6.45, 7) is 1.70. The van der Waals surface area contributed by atoms with Crippen molar-refractivity contribution in [3.05, 3.63) is 0 Å². The summed E-state index contributed by atoms with van der Waals surface area (Å²) in [4.78, 5) is 19.6. The first-order valence-corrected chi connectivity index (χ1v) is 4.19. The molecule has 0 rings (SSSR count). The Kier molecular flexibility index (Phi) is 10.9. The van der Waals surface area contributed by atoms with E-state index in [1.165, 1.54) is 0 Å². The Morgan fingerprint density at radius 3 is 1.50 bits per heavy atom. The van der Waals surface area contributed by atoms with Crippen molar-refractivity contribution >= 4 is 11.9 Å². The van der Waals surface area contributed by atoms with Gasteiger partial charge in [-0.05, 0) is 12.8 Å². The van der Waals surface area contributed by atoms with E-state index in [0.29, 0.717) is 6.42 Å². The van der Waals surface area contributed by atoms with Crippen LogP contribution in [0.3, 0.4) is 0 Å². The van der Waals surface area contributed by atoms with Crippen LogP contribution in [0.15, 0.2) is 0 Å². The minimum Gasteiger partial charge on any atom is -0.481 e. The first-order valence-electron chi connectivity index (χ1n) is 4.19. The van der Waals surface area contributed by atoms with Crippen LogP contribution in [-0.2, 0) is 9.59 Å². The maximum absolute atomic E-state index is 9.79. The Balaban J connectivity index is 0. The smallest absolute Gasteiger partial charge is 0.303 e. The molecule has 0 aliphatic rings. The van der Waals surface area contributed by atoms with Crippen LogP contribution in [0.5, 0.6) is 0 Å². The fourth-order valence-electron chi connectivity index (χ4n) is 0.391. The highest BCUT2D eigenvalue weighted by atomic mass is 16.5. The van der Waals surface area contributed by atoms with Crippen LogP contribution in [0.25, 0.3) is 0 Å². The van der Waals surface area contributed by atoms with Gasteiger partial charge in [0.2, 0.25) is 0 Å². The zero-order valence-electron chi connectivity index (χ0n) is 8.01. The van der Waals surface area contributed by atoms with Crippen molar-refractivity contribution in [2.45, 2.75) is 38.9 Å². The van der Waals surface area contributed by atoms with Crippen LogP contribution in [-0.4, -0.2) is 38.7 Å². The highest BCUT2D eigenvalue weighted by molar-refractivity contribution is 5.69. The maximum Gasteiger partial charge on any atom is 0.303 e. The van der Waals surface area contributed by atoms with E-state index >= 15 is 0 Å². The molecule has 0 aromatic heterocycles. The SMILES string of the molecule is CCC(O)O.O=C(O)CCCC(=O)O. The fourth-order valence-corrected chi connectivity index (χ4v) is 0.391. The van der Waals surface area contributed by atoms with Gasteiger partial charge in [-0.2, -0.15) is 0 Å². The van der Waals surface area contributed by atoms with Crippen LogP contribution < -0.4 is 0 Å². The number of carbonyl (C=O) groups is 2. The lowest BCUT2D eigenvalue weighted by molar-refractivity contribution is -0.138. The van der Waals surface area contributed by atoms with Crippen LogP contribution in [0.2, 0.25) is 0 Å². The van der Waals surface area contributed by atoms with Gasteiger partial charge in [0.25, 0.3) is 0 Å². The number of carboxylic acids is 2. The average Bonchev–Trinajstić information content (AvgIpc) is 2.04. The molecule has 0 amide bonds. The number of aliphatic carboxylic acids is 2. The summed E-state index contributed by atoms with van der Waals surface area (Å²) in [5, 5.41) is 31.9. The molecule has 0 aromatic rings. The Hall–Kier alpha value is -1.14. The Morgan fingerprint density at radius 2 is 1.36 bits per heavy atom. The molecule has 14 heavy (non-hydrogen) atoms. The van der Waals surface area contributed by atoms with E-state index in [1.807, 2.05) is 0 Å². The van der Waals surface area contributed by atoms with E-state index < -0.39 is 18.2 Å². The van der Waals surface area contributed by atoms with Gasteiger partial charge in [0, 0.05) is 12.8 Å². The molecule has 6 heteroatoms. The maximum atomic E-state index is 9.79. The van der Waals surface area contributed by atoms with Crippen LogP contribution in [0, 0.1) is 0 Å². The van der Waals surface area contributed by atoms with E-state index in [4.69, 9.17) is 20.4 Å². The molecule has 6 nitrogen and oxygen atoms in total. The van der Waals surface area contributed by atoms with E-state index in [0.717, 1.165) is 0 Å². The zero-order chi connectivity index (χ0) is 11.6. The Morgan fingerprint density at radius 1 is 1.07 bits per heavy atom. The third kappa shape index (κ3) is 22.4. The Labute approximate surface area is 81.8 Å². The lowest BCUT2D eigenvalue weighted by Gasteiger charge is -1.90. The number of aliphatic hydroxyl groups is 2. The summed E-state index contributed by atoms with van der Waals surface area (Å²) in [5.74, 6) is -1.90. The van der Waals surface area contributed by atoms with Crippen molar-refractivity contribution in [2.24, 2.45) is 0 Å². The molecule has 0 aliphatic carbocycles. The molecule has 0 atom stereocenters. The fraction of sp³-hybridized carbons (Fsp3) is 0.750. The van der Waals surface area contributed by atoms with Gasteiger partial charge in [0.15, 0.2) is 6.29 Å². The van der Waals surface area contributed by atoms with Crippen molar-refractivity contribution in [1.82, 2.24) is 0 Å². The van der Waals surface area contributed by atoms with E-state index in [-0.39, 0.29) is 19.3 Å². The monoisotopic (exact) mass is 208 g/mol. The standard InChI is InChI=1S/C5H8O4.C3H8O2/c6-4(7)2-1-3-5(8)9;1-2-3(4)5/h1-3H2,(H,6,7)(H,8,9);3-5H,2H2,1H3. The topological polar surface area (TPSA) is 115 Å². The van der Waals surface area contributed by atoms with Crippen molar-refractivity contribution < 1.29 is 30.0 Å². The summed E-state index contributed by atoms with van der Waals surface area (Å²) < 4.78 is 0. The second kappa shape index (κ2) is 9.94. The van der Waals surface area contributed by atoms with Crippen molar-refractivity contribution in [1.29, 1.82) is 0 Å². The van der Waals surface area contributed by atoms with Crippen molar-refractivity contribution in [2.75, 3.05) is 0 Å². The number of hydrogen-bond donors (Lipinski definition) is 4. The summed E-state index contributed by atoms with van der Waals surface area (Å²) in [7, 11) is 0. The second-order valence-electron chi connectivity index (χ2n) is 2.53. The van der Waals surface area contributed by atoms with E-state index in [1.54, 1.807) is 6.92 Å². The highest BCUT2D eigenvalue weighted by Crippen LogP contribution is 1.93. The van der Waals surface area contributed by atoms with Gasteiger partial charge in [-0.1, -0.05) is 6.92 Å². The molecule has 84 valence electrons. The molecule has 0 bridgehead atoms. The van der Waals surface area contributed by atoms with Crippen LogP contribution in [0.1, 0.15) is 32.6 Å². The minimum absolute atomic E-state index is 0.0632. The number of rotatable bonds is 5. The number of carboxylic acid groups (broad SMARTS) is 2. The molecule has 4 N–H and O–H groups in total. The van der Waals surface area contributed by atoms with Gasteiger partial charge in [-0.3, -0.25) is 9.59 Å². The molecule has 0 saturated carbocycles. The van der Waals surface area contributed by atoms with Crippen LogP contribution in [0.4, 0.5) is 0 Å². The first-order chi connectivity index (χ1) is 6.40. The zero-order valence-corrected chi connectivity index (χ0v) is 8.01. The van der Waals surface area contributed by atoms with Gasteiger partial charge >= 0.3 is 11.9 Å². The lowest BCUT2D eigenvalue weighted by Crippen LogP contribution is -1.99. The van der Waals surface area contributed by atoms with Crippen LogP contribution >= 0.6 is 0 Å². The molecular formula is C8H16O6. The summed E-state index contributed by atoms with van der Waals surface area (Å²) in [6, 6.07) is 0. The summed E-state index contributed by atoms with van der Waals surface area (Å²) >= 11 is 0.